The van der Waals surface area contributed by atoms with Crippen LogP contribution in [0.1, 0.15) is 27.2 Å². The molecule has 1 rings (SSSR count). The molecule has 0 aliphatic carbocycles. The topological polar surface area (TPSA) is 3.24 Å². The van der Waals surface area contributed by atoms with Gasteiger partial charge in [-0.25, -0.2) is 0 Å². The summed E-state index contributed by atoms with van der Waals surface area (Å²) in [7, 11) is 0. The minimum Gasteiger partial charge on any atom is -0.295 e. The number of allylic oxidation sites excluding steroid dienone is 4. The zero-order valence-corrected chi connectivity index (χ0v) is 12.2. The lowest BCUT2D eigenvalue weighted by molar-refractivity contribution is 0.834. The van der Waals surface area contributed by atoms with Gasteiger partial charge in [-0.1, -0.05) is 43.4 Å². The van der Waals surface area contributed by atoms with E-state index in [1.807, 2.05) is 13.0 Å². The maximum Gasteiger partial charge on any atom is 0.0290 e. The molecular weight excluding hydrogens is 238 g/mol. The molecule has 0 fully saturated rings. The first-order chi connectivity index (χ1) is 8.76. The van der Waals surface area contributed by atoms with Crippen LogP contribution in [0.25, 0.3) is 0 Å². The van der Waals surface area contributed by atoms with Gasteiger partial charge < -0.3 is 0 Å². The van der Waals surface area contributed by atoms with Crippen LogP contribution in [0.4, 0.5) is 0 Å². The Morgan fingerprint density at radius 3 is 2.61 bits per heavy atom. The van der Waals surface area contributed by atoms with Gasteiger partial charge in [-0.2, -0.15) is 0 Å². The Balaban J connectivity index is 2.79. The third-order valence-corrected chi connectivity index (χ3v) is 3.12. The molecule has 0 amide bonds. The SMILES string of the molecule is C/C=C/C(C)=C\N(/C=C/CC)Sc1ccccc1. The van der Waals surface area contributed by atoms with Gasteiger partial charge in [-0.15, -0.1) is 0 Å². The van der Waals surface area contributed by atoms with E-state index in [0.717, 1.165) is 6.42 Å². The summed E-state index contributed by atoms with van der Waals surface area (Å²) in [5, 5.41) is 0. The monoisotopic (exact) mass is 259 g/mol. The molecule has 0 spiro atoms. The van der Waals surface area contributed by atoms with Crippen LogP contribution < -0.4 is 0 Å². The van der Waals surface area contributed by atoms with E-state index in [4.69, 9.17) is 0 Å². The van der Waals surface area contributed by atoms with Gasteiger partial charge in [-0.05, 0) is 49.9 Å². The van der Waals surface area contributed by atoms with E-state index in [-0.39, 0.29) is 0 Å². The van der Waals surface area contributed by atoms with E-state index in [0.29, 0.717) is 0 Å². The van der Waals surface area contributed by atoms with E-state index >= 15 is 0 Å². The van der Waals surface area contributed by atoms with Gasteiger partial charge in [0.15, 0.2) is 0 Å². The molecule has 96 valence electrons. The summed E-state index contributed by atoms with van der Waals surface area (Å²) < 4.78 is 2.15. The number of benzene rings is 1. The average molecular weight is 259 g/mol. The van der Waals surface area contributed by atoms with Crippen LogP contribution in [0.2, 0.25) is 0 Å². The molecule has 0 radical (unpaired) electrons. The lowest BCUT2D eigenvalue weighted by Gasteiger charge is -2.15. The molecule has 0 saturated heterocycles. The van der Waals surface area contributed by atoms with Gasteiger partial charge in [0.25, 0.3) is 0 Å². The van der Waals surface area contributed by atoms with Crippen molar-refractivity contribution in [3.05, 3.63) is 66.5 Å². The molecule has 1 nitrogen and oxygen atoms in total. The molecule has 1 aromatic carbocycles. The molecule has 0 saturated carbocycles. The van der Waals surface area contributed by atoms with E-state index in [1.54, 1.807) is 11.9 Å². The van der Waals surface area contributed by atoms with Crippen molar-refractivity contribution in [1.82, 2.24) is 4.31 Å². The second-order valence-corrected chi connectivity index (χ2v) is 5.01. The maximum atomic E-state index is 2.16. The molecule has 0 atom stereocenters. The Morgan fingerprint density at radius 1 is 1.28 bits per heavy atom. The van der Waals surface area contributed by atoms with Crippen LogP contribution in [0.15, 0.2) is 71.4 Å². The Morgan fingerprint density at radius 2 is 2.00 bits per heavy atom. The second kappa shape index (κ2) is 8.65. The van der Waals surface area contributed by atoms with Gasteiger partial charge in [0.2, 0.25) is 0 Å². The van der Waals surface area contributed by atoms with E-state index in [1.165, 1.54) is 10.5 Å². The fraction of sp³-hybridized carbons (Fsp3) is 0.250. The summed E-state index contributed by atoms with van der Waals surface area (Å²) in [6.45, 7) is 6.29. The molecule has 0 aromatic heterocycles. The molecule has 1 aromatic rings. The Hall–Kier alpha value is -1.41. The number of hydrogen-bond donors (Lipinski definition) is 0. The Kier molecular flexibility index (Phi) is 7.04. The second-order valence-electron chi connectivity index (χ2n) is 3.93. The third-order valence-electron chi connectivity index (χ3n) is 2.20. The highest BCUT2D eigenvalue weighted by Crippen LogP contribution is 2.24. The summed E-state index contributed by atoms with van der Waals surface area (Å²) in [4.78, 5) is 1.24. The lowest BCUT2D eigenvalue weighted by atomic mass is 10.3. The van der Waals surface area contributed by atoms with Crippen molar-refractivity contribution in [3.63, 3.8) is 0 Å². The normalized spacial score (nSPS) is 12.5. The van der Waals surface area contributed by atoms with Crippen LogP contribution in [0.3, 0.4) is 0 Å². The highest BCUT2D eigenvalue weighted by molar-refractivity contribution is 7.97. The summed E-state index contributed by atoms with van der Waals surface area (Å²) in [6, 6.07) is 10.4. The van der Waals surface area contributed by atoms with E-state index < -0.39 is 0 Å². The molecule has 0 unspecified atom stereocenters. The van der Waals surface area contributed by atoms with Crippen molar-refractivity contribution in [2.75, 3.05) is 0 Å². The molecule has 0 bridgehead atoms. The smallest absolute Gasteiger partial charge is 0.0290 e. The molecular formula is C16H21NS. The van der Waals surface area contributed by atoms with Crippen molar-refractivity contribution in [3.8, 4) is 0 Å². The molecule has 18 heavy (non-hydrogen) atoms. The summed E-state index contributed by atoms with van der Waals surface area (Å²) in [5.74, 6) is 0. The standard InChI is InChI=1S/C16H21NS/c1-4-6-13-17(14-15(3)10-5-2)18-16-11-8-7-9-12-16/h5-14H,4H2,1-3H3/b10-5+,13-6+,15-14-. The number of rotatable bonds is 6. The van der Waals surface area contributed by atoms with Crippen molar-refractivity contribution in [1.29, 1.82) is 0 Å². The molecule has 0 heterocycles. The van der Waals surface area contributed by atoms with Gasteiger partial charge in [0.1, 0.15) is 0 Å². The van der Waals surface area contributed by atoms with Gasteiger partial charge >= 0.3 is 0 Å². The zero-order chi connectivity index (χ0) is 13.2. The van der Waals surface area contributed by atoms with Crippen molar-refractivity contribution in [2.24, 2.45) is 0 Å². The molecule has 2 heteroatoms. The predicted octanol–water partition coefficient (Wildman–Crippen LogP) is 5.40. The first-order valence-corrected chi connectivity index (χ1v) is 7.02. The number of hydrogen-bond acceptors (Lipinski definition) is 2. The third kappa shape index (κ3) is 5.78. The molecule has 0 N–H and O–H groups in total. The first-order valence-electron chi connectivity index (χ1n) is 6.25. The van der Waals surface area contributed by atoms with E-state index in [2.05, 4.69) is 73.0 Å². The number of nitrogens with zero attached hydrogens (tertiary/aromatic N) is 1. The van der Waals surface area contributed by atoms with Gasteiger partial charge in [0, 0.05) is 17.3 Å². The van der Waals surface area contributed by atoms with Crippen molar-refractivity contribution < 1.29 is 0 Å². The zero-order valence-electron chi connectivity index (χ0n) is 11.3. The fourth-order valence-electron chi connectivity index (χ4n) is 1.42. The first kappa shape index (κ1) is 14.7. The maximum absolute atomic E-state index is 2.16. The highest BCUT2D eigenvalue weighted by atomic mass is 32.2. The molecule has 0 aliphatic rings. The minimum absolute atomic E-state index is 1.04. The lowest BCUT2D eigenvalue weighted by Crippen LogP contribution is -1.98. The predicted molar refractivity (Wildman–Crippen MR) is 82.1 cm³/mol. The minimum atomic E-state index is 1.04. The summed E-state index contributed by atoms with van der Waals surface area (Å²) in [5.41, 5.74) is 1.24. The van der Waals surface area contributed by atoms with Crippen LogP contribution >= 0.6 is 11.9 Å². The van der Waals surface area contributed by atoms with Crippen LogP contribution in [0.5, 0.6) is 0 Å². The van der Waals surface area contributed by atoms with Gasteiger partial charge in [-0.3, -0.25) is 4.31 Å². The van der Waals surface area contributed by atoms with Crippen LogP contribution in [-0.4, -0.2) is 4.31 Å². The summed E-state index contributed by atoms with van der Waals surface area (Å²) in [6.07, 6.45) is 11.6. The largest absolute Gasteiger partial charge is 0.295 e. The highest BCUT2D eigenvalue weighted by Gasteiger charge is 1.99. The van der Waals surface area contributed by atoms with Crippen LogP contribution in [-0.2, 0) is 0 Å². The van der Waals surface area contributed by atoms with E-state index in [9.17, 15) is 0 Å². The van der Waals surface area contributed by atoms with Gasteiger partial charge in [0.05, 0.1) is 0 Å². The summed E-state index contributed by atoms with van der Waals surface area (Å²) >= 11 is 1.72. The Bertz CT molecular complexity index is 418. The molecule has 0 aliphatic heterocycles. The Labute approximate surface area is 115 Å². The van der Waals surface area contributed by atoms with Crippen LogP contribution in [0, 0.1) is 0 Å². The van der Waals surface area contributed by atoms with Crippen molar-refractivity contribution >= 4 is 11.9 Å². The fourth-order valence-corrected chi connectivity index (χ4v) is 2.31. The average Bonchev–Trinajstić information content (AvgIpc) is 2.37. The van der Waals surface area contributed by atoms with Crippen molar-refractivity contribution in [2.45, 2.75) is 32.1 Å². The quantitative estimate of drug-likeness (QED) is 0.497.